The molecule has 0 aliphatic rings. The second kappa shape index (κ2) is 5.10. The van der Waals surface area contributed by atoms with Crippen LogP contribution in [0.2, 0.25) is 5.15 Å². The van der Waals surface area contributed by atoms with E-state index in [1.165, 1.54) is 0 Å². The molecule has 56 valence electrons. The zero-order chi connectivity index (χ0) is 6.69. The molecule has 1 rings (SSSR count). The van der Waals surface area contributed by atoms with Gasteiger partial charge in [0.25, 0.3) is 0 Å². The van der Waals surface area contributed by atoms with E-state index >= 15 is 0 Å². The van der Waals surface area contributed by atoms with E-state index in [9.17, 15) is 0 Å². The van der Waals surface area contributed by atoms with Crippen LogP contribution in [0.4, 0.5) is 0 Å². The lowest BCUT2D eigenvalue weighted by Crippen LogP contribution is -1.78. The van der Waals surface area contributed by atoms with Gasteiger partial charge in [-0.3, -0.25) is 0 Å². The van der Waals surface area contributed by atoms with E-state index in [0.717, 1.165) is 10.9 Å². The summed E-state index contributed by atoms with van der Waals surface area (Å²) in [5.41, 5.74) is 1.15. The summed E-state index contributed by atoms with van der Waals surface area (Å²) in [7, 11) is 0. The van der Waals surface area contributed by atoms with Gasteiger partial charge in [0.05, 0.1) is 0 Å². The average molecular weight is 287 g/mol. The smallest absolute Gasteiger partial charge is 0.129 e. The van der Waals surface area contributed by atoms with Gasteiger partial charge in [-0.15, -0.1) is 17.0 Å². The molecule has 1 nitrogen and oxygen atoms in total. The minimum Gasteiger partial charge on any atom is -0.245 e. The largest absolute Gasteiger partial charge is 0.245 e. The number of halogens is 3. The molecule has 0 saturated carbocycles. The highest BCUT2D eigenvalue weighted by atomic mass is 79.9. The fourth-order valence-electron chi connectivity index (χ4n) is 0.526. The van der Waals surface area contributed by atoms with Gasteiger partial charge in [0, 0.05) is 11.5 Å². The maximum Gasteiger partial charge on any atom is 0.129 e. The fourth-order valence-corrected chi connectivity index (χ4v) is 1.07. The summed E-state index contributed by atoms with van der Waals surface area (Å²) in [5, 5.41) is 1.38. The van der Waals surface area contributed by atoms with Crippen molar-refractivity contribution in [2.75, 3.05) is 0 Å². The van der Waals surface area contributed by atoms with Gasteiger partial charge in [-0.1, -0.05) is 27.5 Å². The number of aromatic nitrogens is 1. The van der Waals surface area contributed by atoms with Gasteiger partial charge in [-0.05, 0) is 17.7 Å². The first-order chi connectivity index (χ1) is 4.33. The molecule has 0 bridgehead atoms. The molecule has 0 amide bonds. The van der Waals surface area contributed by atoms with E-state index in [-0.39, 0.29) is 17.0 Å². The van der Waals surface area contributed by atoms with E-state index < -0.39 is 0 Å². The van der Waals surface area contributed by atoms with E-state index in [0.29, 0.717) is 5.15 Å². The standard InChI is InChI=1S/C6H5BrClN.BrH/c7-4-5-1-2-9-6(8)3-5;/h1-3H,4H2;1H. The molecule has 1 aromatic rings. The van der Waals surface area contributed by atoms with Crippen LogP contribution in [-0.4, -0.2) is 4.98 Å². The van der Waals surface area contributed by atoms with Crippen LogP contribution in [0.15, 0.2) is 18.3 Å². The normalized spacial score (nSPS) is 8.60. The molecule has 0 N–H and O–H groups in total. The summed E-state index contributed by atoms with van der Waals surface area (Å²) >= 11 is 8.90. The van der Waals surface area contributed by atoms with Crippen molar-refractivity contribution in [3.63, 3.8) is 0 Å². The number of hydrogen-bond donors (Lipinski definition) is 0. The highest BCUT2D eigenvalue weighted by molar-refractivity contribution is 9.08. The van der Waals surface area contributed by atoms with Gasteiger partial charge in [0.1, 0.15) is 5.15 Å². The second-order valence-corrected chi connectivity index (χ2v) is 2.57. The Kier molecular flexibility index (Phi) is 5.31. The lowest BCUT2D eigenvalue weighted by Gasteiger charge is -1.92. The first-order valence-corrected chi connectivity index (χ1v) is 3.99. The van der Waals surface area contributed by atoms with Crippen molar-refractivity contribution in [1.29, 1.82) is 0 Å². The van der Waals surface area contributed by atoms with Crippen LogP contribution in [-0.2, 0) is 5.33 Å². The predicted molar refractivity (Wildman–Crippen MR) is 52.2 cm³/mol. The maximum atomic E-state index is 5.59. The minimum atomic E-state index is 0. The van der Waals surface area contributed by atoms with Crippen LogP contribution in [0.3, 0.4) is 0 Å². The second-order valence-electron chi connectivity index (χ2n) is 1.62. The number of nitrogens with zero attached hydrogens (tertiary/aromatic N) is 1. The Morgan fingerprint density at radius 3 is 2.70 bits per heavy atom. The molecule has 4 heteroatoms. The molecule has 0 aromatic carbocycles. The molecule has 10 heavy (non-hydrogen) atoms. The third-order valence-corrected chi connectivity index (χ3v) is 1.80. The predicted octanol–water partition coefficient (Wildman–Crippen LogP) is 3.21. The Hall–Kier alpha value is 0.400. The van der Waals surface area contributed by atoms with E-state index in [4.69, 9.17) is 11.6 Å². The number of alkyl halides is 1. The SMILES string of the molecule is Br.Clc1cc(CBr)ccn1. The summed E-state index contributed by atoms with van der Waals surface area (Å²) in [6, 6.07) is 3.75. The van der Waals surface area contributed by atoms with Gasteiger partial charge < -0.3 is 0 Å². The molecule has 0 radical (unpaired) electrons. The van der Waals surface area contributed by atoms with Crippen molar-refractivity contribution in [2.24, 2.45) is 0 Å². The molecule has 0 aliphatic carbocycles. The van der Waals surface area contributed by atoms with Crippen LogP contribution in [0.5, 0.6) is 0 Å². The first-order valence-electron chi connectivity index (χ1n) is 2.49. The lowest BCUT2D eigenvalue weighted by molar-refractivity contribution is 1.28. The third kappa shape index (κ3) is 2.99. The average Bonchev–Trinajstić information content (AvgIpc) is 1.88. The summed E-state index contributed by atoms with van der Waals surface area (Å²) in [6.07, 6.45) is 1.69. The monoisotopic (exact) mass is 285 g/mol. The van der Waals surface area contributed by atoms with Gasteiger partial charge in [-0.2, -0.15) is 0 Å². The number of hydrogen-bond acceptors (Lipinski definition) is 1. The van der Waals surface area contributed by atoms with Crippen molar-refractivity contribution in [2.45, 2.75) is 5.33 Å². The summed E-state index contributed by atoms with van der Waals surface area (Å²) in [4.78, 5) is 3.83. The van der Waals surface area contributed by atoms with Crippen LogP contribution >= 0.6 is 44.5 Å². The quantitative estimate of drug-likeness (QED) is 0.571. The zero-order valence-corrected chi connectivity index (χ0v) is 9.11. The van der Waals surface area contributed by atoms with E-state index in [1.807, 2.05) is 12.1 Å². The van der Waals surface area contributed by atoms with E-state index in [2.05, 4.69) is 20.9 Å². The number of rotatable bonds is 1. The highest BCUT2D eigenvalue weighted by Crippen LogP contribution is 2.09. The lowest BCUT2D eigenvalue weighted by atomic mass is 10.3. The molecule has 0 spiro atoms. The zero-order valence-electron chi connectivity index (χ0n) is 5.05. The number of pyridine rings is 1. The molecular formula is C6H6Br2ClN. The molecule has 0 aliphatic heterocycles. The first kappa shape index (κ1) is 10.4. The van der Waals surface area contributed by atoms with Crippen molar-refractivity contribution in [3.8, 4) is 0 Å². The topological polar surface area (TPSA) is 12.9 Å². The summed E-state index contributed by atoms with van der Waals surface area (Å²) < 4.78 is 0. The van der Waals surface area contributed by atoms with Gasteiger partial charge in [0.2, 0.25) is 0 Å². The molecule has 1 heterocycles. The van der Waals surface area contributed by atoms with E-state index in [1.54, 1.807) is 6.20 Å². The third-order valence-electron chi connectivity index (χ3n) is 0.945. The Labute approximate surface area is 83.7 Å². The van der Waals surface area contributed by atoms with Crippen molar-refractivity contribution in [1.82, 2.24) is 4.98 Å². The molecular weight excluding hydrogens is 281 g/mol. The molecule has 0 saturated heterocycles. The maximum absolute atomic E-state index is 5.59. The summed E-state index contributed by atoms with van der Waals surface area (Å²) in [5.74, 6) is 0. The van der Waals surface area contributed by atoms with Gasteiger partial charge in [0.15, 0.2) is 0 Å². The van der Waals surface area contributed by atoms with Gasteiger partial charge in [-0.25, -0.2) is 4.98 Å². The van der Waals surface area contributed by atoms with Crippen LogP contribution < -0.4 is 0 Å². The highest BCUT2D eigenvalue weighted by Gasteiger charge is 1.89. The van der Waals surface area contributed by atoms with Crippen LogP contribution in [0, 0.1) is 0 Å². The molecule has 1 aromatic heterocycles. The van der Waals surface area contributed by atoms with Crippen molar-refractivity contribution in [3.05, 3.63) is 29.0 Å². The van der Waals surface area contributed by atoms with Crippen LogP contribution in [0.25, 0.3) is 0 Å². The Bertz CT molecular complexity index is 205. The fraction of sp³-hybridized carbons (Fsp3) is 0.167. The van der Waals surface area contributed by atoms with Crippen molar-refractivity contribution < 1.29 is 0 Å². The molecule has 0 fully saturated rings. The Morgan fingerprint density at radius 2 is 2.30 bits per heavy atom. The van der Waals surface area contributed by atoms with Gasteiger partial charge >= 0.3 is 0 Å². The summed E-state index contributed by atoms with van der Waals surface area (Å²) in [6.45, 7) is 0. The molecule has 0 atom stereocenters. The Morgan fingerprint density at radius 1 is 1.60 bits per heavy atom. The van der Waals surface area contributed by atoms with Crippen LogP contribution in [0.1, 0.15) is 5.56 Å². The Balaban J connectivity index is 0.000000810. The van der Waals surface area contributed by atoms with Crippen molar-refractivity contribution >= 4 is 44.5 Å². The molecule has 0 unspecified atom stereocenters. The minimum absolute atomic E-state index is 0.